The smallest absolute Gasteiger partial charge is 0.0780 e. The van der Waals surface area contributed by atoms with Gasteiger partial charge in [0.15, 0.2) is 0 Å². The van der Waals surface area contributed by atoms with Gasteiger partial charge in [-0.25, -0.2) is 0 Å². The Balaban J connectivity index is 1.84. The zero-order chi connectivity index (χ0) is 17.7. The van der Waals surface area contributed by atoms with Gasteiger partial charge in [-0.15, -0.1) is 0 Å². The molecule has 2 rings (SSSR count). The Hall–Kier alpha value is 0.0649. The molecule has 2 aliphatic carbocycles. The topological polar surface area (TPSA) is 0 Å². The van der Waals surface area contributed by atoms with Crippen molar-refractivity contribution in [3.05, 3.63) is 0 Å². The van der Waals surface area contributed by atoms with E-state index in [1.54, 1.807) is 32.1 Å². The summed E-state index contributed by atoms with van der Waals surface area (Å²) in [7, 11) is 2.47. The summed E-state index contributed by atoms with van der Waals surface area (Å²) in [4.78, 5) is 0. The summed E-state index contributed by atoms with van der Waals surface area (Å²) in [5.74, 6) is 4.22. The fourth-order valence-electron chi connectivity index (χ4n) is 5.93. The molecule has 0 aromatic carbocycles. The number of fused-ring (bicyclic) bond motifs is 3. The van der Waals surface area contributed by atoms with Crippen molar-refractivity contribution in [2.45, 2.75) is 129 Å². The minimum Gasteiger partial charge on any atom is -0.0780 e. The molecule has 146 valence electrons. The van der Waals surface area contributed by atoms with E-state index in [-0.39, 0.29) is 0 Å². The van der Waals surface area contributed by atoms with Crippen LogP contribution in [0.1, 0.15) is 122 Å². The van der Waals surface area contributed by atoms with E-state index in [0.29, 0.717) is 0 Å². The molecule has 0 spiro atoms. The monoisotopic (exact) mass is 346 g/mol. The lowest BCUT2D eigenvalue weighted by atomic mass is 9.74. The van der Waals surface area contributed by atoms with E-state index in [4.69, 9.17) is 0 Å². The van der Waals surface area contributed by atoms with E-state index in [0.717, 1.165) is 23.7 Å². The third-order valence-electron chi connectivity index (χ3n) is 7.75. The molecule has 0 heterocycles. The lowest BCUT2D eigenvalue weighted by Gasteiger charge is -2.26. The zero-order valence-corrected chi connectivity index (χ0v) is 17.7. The molecule has 2 saturated carbocycles. The maximum Gasteiger partial charge on any atom is 0.101 e. The minimum atomic E-state index is 1.03. The molecule has 0 amide bonds. The quantitative estimate of drug-likeness (QED) is 0.452. The van der Waals surface area contributed by atoms with Crippen LogP contribution in [0.5, 0.6) is 0 Å². The molecular formula is C24H47B. The van der Waals surface area contributed by atoms with Gasteiger partial charge < -0.3 is 0 Å². The molecule has 1 heteroatoms. The lowest BCUT2D eigenvalue weighted by Crippen LogP contribution is -2.15. The third-order valence-corrected chi connectivity index (χ3v) is 7.75. The van der Waals surface area contributed by atoms with Gasteiger partial charge in [-0.05, 0) is 30.1 Å². The van der Waals surface area contributed by atoms with E-state index < -0.39 is 0 Å². The van der Waals surface area contributed by atoms with Crippen molar-refractivity contribution in [3.63, 3.8) is 0 Å². The van der Waals surface area contributed by atoms with Crippen LogP contribution in [-0.4, -0.2) is 7.85 Å². The van der Waals surface area contributed by atoms with Gasteiger partial charge in [0.2, 0.25) is 0 Å². The first kappa shape index (κ1) is 21.4. The van der Waals surface area contributed by atoms with E-state index in [1.807, 2.05) is 0 Å². The molecule has 4 unspecified atom stereocenters. The summed E-state index contributed by atoms with van der Waals surface area (Å²) in [6.45, 7) is 2.42. The summed E-state index contributed by atoms with van der Waals surface area (Å²) in [5, 5.41) is 0. The first-order valence-corrected chi connectivity index (χ1v) is 12.3. The van der Waals surface area contributed by atoms with Gasteiger partial charge in [0.25, 0.3) is 0 Å². The molecule has 2 aliphatic rings. The van der Waals surface area contributed by atoms with Crippen molar-refractivity contribution >= 4 is 7.85 Å². The zero-order valence-electron chi connectivity index (χ0n) is 17.7. The van der Waals surface area contributed by atoms with Gasteiger partial charge in [0.1, 0.15) is 7.85 Å². The summed E-state index contributed by atoms with van der Waals surface area (Å²) in [6.07, 6.45) is 28.7. The average molecular weight is 346 g/mol. The minimum absolute atomic E-state index is 1.03. The van der Waals surface area contributed by atoms with Crippen molar-refractivity contribution in [1.29, 1.82) is 0 Å². The average Bonchev–Trinajstić information content (AvgIpc) is 2.83. The summed E-state index contributed by atoms with van der Waals surface area (Å²) in [6, 6.07) is 0. The Morgan fingerprint density at radius 1 is 0.640 bits per heavy atom. The molecular weight excluding hydrogens is 299 g/mol. The second kappa shape index (κ2) is 13.3. The van der Waals surface area contributed by atoms with Crippen LogP contribution < -0.4 is 0 Å². The number of hydrogen-bond acceptors (Lipinski definition) is 0. The van der Waals surface area contributed by atoms with Gasteiger partial charge >= 0.3 is 0 Å². The summed E-state index contributed by atoms with van der Waals surface area (Å²) < 4.78 is 0. The largest absolute Gasteiger partial charge is 0.101 e. The lowest BCUT2D eigenvalue weighted by molar-refractivity contribution is 0.278. The van der Waals surface area contributed by atoms with Gasteiger partial charge in [-0.1, -0.05) is 122 Å². The van der Waals surface area contributed by atoms with E-state index >= 15 is 0 Å². The SMILES string of the molecule is BCC1CC2CCCCCCCC(CC)CCCCCCC1CCC2. The van der Waals surface area contributed by atoms with Gasteiger partial charge in [0, 0.05) is 0 Å². The highest BCUT2D eigenvalue weighted by Crippen LogP contribution is 2.39. The Bertz CT molecular complexity index is 313. The Labute approximate surface area is 160 Å². The summed E-state index contributed by atoms with van der Waals surface area (Å²) >= 11 is 0. The molecule has 0 aromatic rings. The fraction of sp³-hybridized carbons (Fsp3) is 1.00. The highest BCUT2D eigenvalue weighted by atomic mass is 14.3. The normalized spacial score (nSPS) is 34.8. The number of rotatable bonds is 2. The summed E-state index contributed by atoms with van der Waals surface area (Å²) in [5.41, 5.74) is 0. The Kier molecular flexibility index (Phi) is 11.3. The van der Waals surface area contributed by atoms with Crippen molar-refractivity contribution in [2.75, 3.05) is 0 Å². The molecule has 0 aromatic heterocycles. The fourth-order valence-corrected chi connectivity index (χ4v) is 5.93. The van der Waals surface area contributed by atoms with Crippen molar-refractivity contribution in [1.82, 2.24) is 0 Å². The molecule has 4 atom stereocenters. The van der Waals surface area contributed by atoms with Crippen LogP contribution in [-0.2, 0) is 0 Å². The van der Waals surface area contributed by atoms with Crippen LogP contribution in [0.4, 0.5) is 0 Å². The first-order chi connectivity index (χ1) is 12.3. The van der Waals surface area contributed by atoms with Crippen LogP contribution in [0, 0.1) is 23.7 Å². The predicted molar refractivity (Wildman–Crippen MR) is 116 cm³/mol. The van der Waals surface area contributed by atoms with Crippen molar-refractivity contribution in [2.24, 2.45) is 23.7 Å². The van der Waals surface area contributed by atoms with Crippen molar-refractivity contribution in [3.8, 4) is 0 Å². The molecule has 0 nitrogen and oxygen atoms in total. The van der Waals surface area contributed by atoms with Crippen LogP contribution in [0.25, 0.3) is 0 Å². The molecule has 0 N–H and O–H groups in total. The molecule has 2 bridgehead atoms. The molecule has 0 saturated heterocycles. The molecule has 0 aliphatic heterocycles. The molecule has 0 radical (unpaired) electrons. The van der Waals surface area contributed by atoms with Crippen LogP contribution in [0.15, 0.2) is 0 Å². The van der Waals surface area contributed by atoms with E-state index in [9.17, 15) is 0 Å². The first-order valence-electron chi connectivity index (χ1n) is 12.3. The second-order valence-electron chi connectivity index (χ2n) is 9.57. The van der Waals surface area contributed by atoms with Crippen LogP contribution >= 0.6 is 0 Å². The predicted octanol–water partition coefficient (Wildman–Crippen LogP) is 7.57. The highest BCUT2D eigenvalue weighted by molar-refractivity contribution is 6.08. The maximum atomic E-state index is 2.47. The van der Waals surface area contributed by atoms with Crippen LogP contribution in [0.2, 0.25) is 6.32 Å². The maximum absolute atomic E-state index is 2.47. The second-order valence-corrected chi connectivity index (χ2v) is 9.57. The van der Waals surface area contributed by atoms with E-state index in [2.05, 4.69) is 14.8 Å². The van der Waals surface area contributed by atoms with Gasteiger partial charge in [-0.2, -0.15) is 0 Å². The van der Waals surface area contributed by atoms with Crippen LogP contribution in [0.3, 0.4) is 0 Å². The van der Waals surface area contributed by atoms with Crippen molar-refractivity contribution < 1.29 is 0 Å². The Morgan fingerprint density at radius 2 is 1.16 bits per heavy atom. The molecule has 25 heavy (non-hydrogen) atoms. The highest BCUT2D eigenvalue weighted by Gasteiger charge is 2.26. The van der Waals surface area contributed by atoms with Gasteiger partial charge in [-0.3, -0.25) is 0 Å². The number of hydrogen-bond donors (Lipinski definition) is 0. The van der Waals surface area contributed by atoms with Gasteiger partial charge in [0.05, 0.1) is 0 Å². The third kappa shape index (κ3) is 8.53. The standard InChI is InChI=1S/C24H47B/c1-2-21-13-8-4-3-5-10-15-22-16-12-18-23(24(19-22)20-25)17-11-7-6-9-14-21/h21-24H,2-20,25H2,1H3. The Morgan fingerprint density at radius 3 is 1.80 bits per heavy atom. The van der Waals surface area contributed by atoms with E-state index in [1.165, 1.54) is 89.8 Å². The molecule has 2 fully saturated rings.